The minimum atomic E-state index is -0.211. The lowest BCUT2D eigenvalue weighted by molar-refractivity contribution is 0.0912. The highest BCUT2D eigenvalue weighted by Gasteiger charge is 2.24. The predicted octanol–water partition coefficient (Wildman–Crippen LogP) is 2.68. The Morgan fingerprint density at radius 2 is 2.17 bits per heavy atom. The molecule has 2 heterocycles. The van der Waals surface area contributed by atoms with Crippen LogP contribution in [0.4, 0.5) is 0 Å². The summed E-state index contributed by atoms with van der Waals surface area (Å²) in [6.45, 7) is 2.42. The molecule has 2 aromatic heterocycles. The van der Waals surface area contributed by atoms with Crippen molar-refractivity contribution in [1.29, 1.82) is 0 Å². The first-order valence-electron chi connectivity index (χ1n) is 8.31. The fraction of sp³-hybridized carbons (Fsp3) is 0.389. The third-order valence-electron chi connectivity index (χ3n) is 4.66. The Kier molecular flexibility index (Phi) is 3.59. The van der Waals surface area contributed by atoms with Gasteiger partial charge < -0.3 is 9.84 Å². The minimum absolute atomic E-state index is 0.211. The topological polar surface area (TPSA) is 73.0 Å². The number of aromatic nitrogens is 3. The van der Waals surface area contributed by atoms with E-state index in [1.54, 1.807) is 0 Å². The van der Waals surface area contributed by atoms with Gasteiger partial charge in [-0.1, -0.05) is 16.8 Å². The molecular weight excluding hydrogens is 304 g/mol. The van der Waals surface area contributed by atoms with E-state index < -0.39 is 0 Å². The van der Waals surface area contributed by atoms with E-state index in [1.807, 2.05) is 11.7 Å². The van der Waals surface area contributed by atoms with Crippen molar-refractivity contribution in [2.24, 2.45) is 7.05 Å². The second-order valence-electron chi connectivity index (χ2n) is 6.42. The van der Waals surface area contributed by atoms with E-state index in [2.05, 4.69) is 40.7 Å². The Balaban J connectivity index is 1.56. The van der Waals surface area contributed by atoms with Crippen molar-refractivity contribution >= 4 is 16.8 Å². The van der Waals surface area contributed by atoms with Gasteiger partial charge in [-0.25, -0.2) is 0 Å². The van der Waals surface area contributed by atoms with Crippen molar-refractivity contribution in [3.05, 3.63) is 46.5 Å². The molecule has 0 spiro atoms. The van der Waals surface area contributed by atoms with Gasteiger partial charge in [-0.15, -0.1) is 0 Å². The largest absolute Gasteiger partial charge is 0.350 e. The lowest BCUT2D eigenvalue weighted by atomic mass is 9.96. The maximum atomic E-state index is 12.5. The van der Waals surface area contributed by atoms with Gasteiger partial charge >= 0.3 is 0 Å². The van der Waals surface area contributed by atoms with E-state index >= 15 is 0 Å². The van der Waals surface area contributed by atoms with Gasteiger partial charge in [0.05, 0.1) is 23.4 Å². The highest BCUT2D eigenvalue weighted by Crippen LogP contribution is 2.24. The first kappa shape index (κ1) is 14.9. The Morgan fingerprint density at radius 3 is 3.04 bits per heavy atom. The monoisotopic (exact) mass is 324 g/mol. The molecule has 124 valence electrons. The second-order valence-corrected chi connectivity index (χ2v) is 6.42. The maximum absolute atomic E-state index is 12.5. The summed E-state index contributed by atoms with van der Waals surface area (Å²) >= 11 is 0. The van der Waals surface area contributed by atoms with E-state index in [-0.39, 0.29) is 5.91 Å². The van der Waals surface area contributed by atoms with Crippen LogP contribution in [0, 0.1) is 6.92 Å². The van der Waals surface area contributed by atoms with Crippen molar-refractivity contribution in [2.75, 3.05) is 0 Å². The lowest BCUT2D eigenvalue weighted by Gasteiger charge is -2.09. The number of benzene rings is 1. The van der Waals surface area contributed by atoms with E-state index in [0.29, 0.717) is 12.3 Å². The molecule has 0 fully saturated rings. The van der Waals surface area contributed by atoms with Crippen LogP contribution in [0.25, 0.3) is 10.9 Å². The molecule has 1 aliphatic rings. The smallest absolute Gasteiger partial charge is 0.290 e. The number of nitrogens with zero attached hydrogens (tertiary/aromatic N) is 3. The second kappa shape index (κ2) is 5.78. The number of carbonyl (C=O) groups is 1. The summed E-state index contributed by atoms with van der Waals surface area (Å²) in [6.07, 6.45) is 3.96. The highest BCUT2D eigenvalue weighted by atomic mass is 16.5. The Labute approximate surface area is 139 Å². The average Bonchev–Trinajstić information content (AvgIpc) is 3.14. The van der Waals surface area contributed by atoms with Crippen molar-refractivity contribution < 1.29 is 9.32 Å². The SMILES string of the molecule is Cc1ccc2c(c1)c(CNC(=O)c1onc3c1CCCC3)nn2C. The van der Waals surface area contributed by atoms with Gasteiger partial charge in [-0.2, -0.15) is 5.10 Å². The summed E-state index contributed by atoms with van der Waals surface area (Å²) in [5.74, 6) is 0.151. The van der Waals surface area contributed by atoms with Gasteiger partial charge in [-0.3, -0.25) is 9.48 Å². The van der Waals surface area contributed by atoms with Gasteiger partial charge in [0.25, 0.3) is 5.91 Å². The highest BCUT2D eigenvalue weighted by molar-refractivity contribution is 5.93. The average molecular weight is 324 g/mol. The third kappa shape index (κ3) is 2.48. The third-order valence-corrected chi connectivity index (χ3v) is 4.66. The number of fused-ring (bicyclic) bond motifs is 2. The van der Waals surface area contributed by atoms with Crippen LogP contribution < -0.4 is 5.32 Å². The maximum Gasteiger partial charge on any atom is 0.290 e. The van der Waals surface area contributed by atoms with Crippen molar-refractivity contribution in [3.63, 3.8) is 0 Å². The number of amides is 1. The van der Waals surface area contributed by atoms with Crippen molar-refractivity contribution in [3.8, 4) is 0 Å². The molecule has 1 amide bonds. The molecule has 0 saturated carbocycles. The molecule has 24 heavy (non-hydrogen) atoms. The first-order valence-corrected chi connectivity index (χ1v) is 8.31. The predicted molar refractivity (Wildman–Crippen MR) is 89.8 cm³/mol. The molecule has 6 heteroatoms. The lowest BCUT2D eigenvalue weighted by Crippen LogP contribution is -2.24. The summed E-state index contributed by atoms with van der Waals surface area (Å²) in [6, 6.07) is 6.21. The van der Waals surface area contributed by atoms with Gasteiger partial charge in [-0.05, 0) is 44.7 Å². The fourth-order valence-electron chi connectivity index (χ4n) is 3.40. The molecule has 0 atom stereocenters. The van der Waals surface area contributed by atoms with E-state index in [0.717, 1.165) is 53.5 Å². The van der Waals surface area contributed by atoms with E-state index in [4.69, 9.17) is 4.52 Å². The minimum Gasteiger partial charge on any atom is -0.350 e. The molecule has 0 unspecified atom stereocenters. The van der Waals surface area contributed by atoms with E-state index in [1.165, 1.54) is 5.56 Å². The number of nitrogens with one attached hydrogen (secondary N) is 1. The zero-order valence-electron chi connectivity index (χ0n) is 13.9. The molecule has 0 bridgehead atoms. The Hall–Kier alpha value is -2.63. The number of hydrogen-bond acceptors (Lipinski definition) is 4. The van der Waals surface area contributed by atoms with Crippen LogP contribution >= 0.6 is 0 Å². The standard InChI is InChI=1S/C18H20N4O2/c1-11-7-8-16-13(9-11)15(20-22(16)2)10-19-18(23)17-12-5-3-4-6-14(12)21-24-17/h7-9H,3-6,10H2,1-2H3,(H,19,23). The van der Waals surface area contributed by atoms with Gasteiger partial charge in [0.15, 0.2) is 0 Å². The Bertz CT molecular complexity index is 923. The summed E-state index contributed by atoms with van der Waals surface area (Å²) < 4.78 is 7.13. The fourth-order valence-corrected chi connectivity index (χ4v) is 3.40. The molecular formula is C18H20N4O2. The summed E-state index contributed by atoms with van der Waals surface area (Å²) in [4.78, 5) is 12.5. The normalized spacial score (nSPS) is 13.9. The van der Waals surface area contributed by atoms with Crippen LogP contribution in [-0.2, 0) is 26.4 Å². The van der Waals surface area contributed by atoms with Crippen LogP contribution in [0.1, 0.15) is 45.9 Å². The number of rotatable bonds is 3. The van der Waals surface area contributed by atoms with Gasteiger partial charge in [0.1, 0.15) is 0 Å². The molecule has 0 saturated heterocycles. The van der Waals surface area contributed by atoms with Gasteiger partial charge in [0.2, 0.25) is 5.76 Å². The molecule has 3 aromatic rings. The zero-order valence-corrected chi connectivity index (χ0v) is 13.9. The van der Waals surface area contributed by atoms with Crippen LogP contribution in [0.5, 0.6) is 0 Å². The van der Waals surface area contributed by atoms with Crippen molar-refractivity contribution in [2.45, 2.75) is 39.2 Å². The molecule has 6 nitrogen and oxygen atoms in total. The van der Waals surface area contributed by atoms with Crippen LogP contribution in [-0.4, -0.2) is 20.8 Å². The van der Waals surface area contributed by atoms with Crippen LogP contribution in [0.2, 0.25) is 0 Å². The zero-order chi connectivity index (χ0) is 16.7. The summed E-state index contributed by atoms with van der Waals surface area (Å²) in [5, 5.41) is 12.6. The Morgan fingerprint density at radius 1 is 1.33 bits per heavy atom. The molecule has 4 rings (SSSR count). The molecule has 1 aromatic carbocycles. The quantitative estimate of drug-likeness (QED) is 0.804. The first-order chi connectivity index (χ1) is 11.6. The molecule has 0 aliphatic heterocycles. The summed E-state index contributed by atoms with van der Waals surface area (Å²) in [5.41, 5.74) is 5.00. The molecule has 0 radical (unpaired) electrons. The molecule has 1 aliphatic carbocycles. The summed E-state index contributed by atoms with van der Waals surface area (Å²) in [7, 11) is 1.91. The van der Waals surface area contributed by atoms with Crippen LogP contribution in [0.3, 0.4) is 0 Å². The number of hydrogen-bond donors (Lipinski definition) is 1. The van der Waals surface area contributed by atoms with Crippen LogP contribution in [0.15, 0.2) is 22.7 Å². The van der Waals surface area contributed by atoms with E-state index in [9.17, 15) is 4.79 Å². The van der Waals surface area contributed by atoms with Crippen molar-refractivity contribution in [1.82, 2.24) is 20.3 Å². The molecule has 1 N–H and O–H groups in total. The number of aryl methyl sites for hydroxylation is 3. The number of carbonyl (C=O) groups excluding carboxylic acids is 1. The van der Waals surface area contributed by atoms with Gasteiger partial charge in [0, 0.05) is 18.0 Å².